The number of hydrogen-bond acceptors (Lipinski definition) is 5. The van der Waals surface area contributed by atoms with Gasteiger partial charge in [0.1, 0.15) is 12.7 Å². The summed E-state index contributed by atoms with van der Waals surface area (Å²) in [5.41, 5.74) is 5.29. The Morgan fingerprint density at radius 3 is 2.82 bits per heavy atom. The fraction of sp³-hybridized carbons (Fsp3) is 0.833. The van der Waals surface area contributed by atoms with Crippen LogP contribution < -0.4 is 5.73 Å². The second-order valence-corrected chi connectivity index (χ2v) is 2.06. The third-order valence-corrected chi connectivity index (χ3v) is 1.25. The normalized spacial score (nSPS) is 17.2. The molecule has 0 aliphatic carbocycles. The lowest BCUT2D eigenvalue weighted by atomic mass is 10.1. The van der Waals surface area contributed by atoms with Crippen molar-refractivity contribution in [3.8, 4) is 0 Å². The number of carbonyl (C=O) groups excluding carboxylic acids is 1. The fourth-order valence-electron chi connectivity index (χ4n) is 0.641. The maximum absolute atomic E-state index is 10.9. The minimum absolute atomic E-state index is 0.420. The van der Waals surface area contributed by atoms with Crippen molar-refractivity contribution in [3.63, 3.8) is 0 Å². The summed E-state index contributed by atoms with van der Waals surface area (Å²) in [6.07, 6.45) is -1.09. The van der Waals surface area contributed by atoms with E-state index >= 15 is 0 Å². The van der Waals surface area contributed by atoms with Crippen LogP contribution in [0.5, 0.6) is 0 Å². The minimum Gasteiger partial charge on any atom is -0.395 e. The van der Waals surface area contributed by atoms with Crippen molar-refractivity contribution in [2.24, 2.45) is 5.73 Å². The Labute approximate surface area is 66.2 Å². The van der Waals surface area contributed by atoms with Gasteiger partial charge < -0.3 is 20.7 Å². The molecular formula is C6H13NO4. The summed E-state index contributed by atoms with van der Waals surface area (Å²) in [4.78, 5) is 10.9. The largest absolute Gasteiger partial charge is 0.395 e. The van der Waals surface area contributed by atoms with Gasteiger partial charge in [-0.15, -0.1) is 0 Å². The topological polar surface area (TPSA) is 92.8 Å². The molecule has 0 aliphatic heterocycles. The summed E-state index contributed by atoms with van der Waals surface area (Å²) in [6, 6.07) is -0.880. The van der Waals surface area contributed by atoms with Crippen LogP contribution in [-0.2, 0) is 9.53 Å². The molecule has 0 aromatic rings. The summed E-state index contributed by atoms with van der Waals surface area (Å²) in [5, 5.41) is 17.0. The number of aliphatic hydroxyl groups is 2. The molecule has 11 heavy (non-hydrogen) atoms. The van der Waals surface area contributed by atoms with Crippen molar-refractivity contribution in [3.05, 3.63) is 0 Å². The van der Waals surface area contributed by atoms with Gasteiger partial charge in [-0.2, -0.15) is 0 Å². The van der Waals surface area contributed by atoms with Crippen LogP contribution >= 0.6 is 0 Å². The highest BCUT2D eigenvalue weighted by atomic mass is 16.5. The maximum atomic E-state index is 10.9. The molecule has 0 aromatic heterocycles. The lowest BCUT2D eigenvalue weighted by molar-refractivity contribution is -0.133. The van der Waals surface area contributed by atoms with E-state index in [2.05, 4.69) is 4.74 Å². The molecule has 0 radical (unpaired) electrons. The molecule has 4 N–H and O–H groups in total. The van der Waals surface area contributed by atoms with Crippen molar-refractivity contribution in [1.82, 2.24) is 0 Å². The predicted octanol–water partition coefficient (Wildman–Crippen LogP) is -2.12. The van der Waals surface area contributed by atoms with Gasteiger partial charge in [-0.25, -0.2) is 0 Å². The summed E-state index contributed by atoms with van der Waals surface area (Å²) >= 11 is 0. The quantitative estimate of drug-likeness (QED) is 0.432. The first kappa shape index (κ1) is 8.61. The standard InChI is InChI=1S/C6H13NO4/c1-11-6(4(7)2-8)5(10)3-9/h4,6,8-9H,2-3,7H2,1H3/t4-,6-/m1/s1/i1D. The number of rotatable bonds is 5. The molecule has 0 rings (SSSR count). The Kier molecular flexibility index (Phi) is 4.07. The van der Waals surface area contributed by atoms with Gasteiger partial charge in [0.05, 0.1) is 14.0 Å². The van der Waals surface area contributed by atoms with E-state index in [9.17, 15) is 4.79 Å². The zero-order valence-electron chi connectivity index (χ0n) is 7.06. The minimum atomic E-state index is -1.09. The third-order valence-electron chi connectivity index (χ3n) is 1.25. The SMILES string of the molecule is [2H]CO[C@@H](C(=O)CO)[C@H](N)CO. The number of aliphatic hydroxyl groups excluding tert-OH is 2. The molecule has 0 aromatic carbocycles. The van der Waals surface area contributed by atoms with Gasteiger partial charge >= 0.3 is 0 Å². The smallest absolute Gasteiger partial charge is 0.188 e. The van der Waals surface area contributed by atoms with Crippen LogP contribution in [0.25, 0.3) is 0 Å². The van der Waals surface area contributed by atoms with Crippen LogP contribution in [0, 0.1) is 0 Å². The van der Waals surface area contributed by atoms with E-state index < -0.39 is 38.2 Å². The molecular weight excluding hydrogens is 150 g/mol. The molecule has 0 saturated heterocycles. The molecule has 5 nitrogen and oxygen atoms in total. The van der Waals surface area contributed by atoms with E-state index in [1.165, 1.54) is 0 Å². The molecule has 0 bridgehead atoms. The molecule has 0 heterocycles. The molecule has 0 amide bonds. The number of ether oxygens (including phenoxy) is 1. The van der Waals surface area contributed by atoms with Crippen LogP contribution in [0.1, 0.15) is 1.37 Å². The highest BCUT2D eigenvalue weighted by Gasteiger charge is 2.23. The van der Waals surface area contributed by atoms with Gasteiger partial charge in [0.15, 0.2) is 5.78 Å². The molecule has 2 atom stereocenters. The van der Waals surface area contributed by atoms with Gasteiger partial charge in [0, 0.05) is 7.09 Å². The molecule has 66 valence electrons. The van der Waals surface area contributed by atoms with Crippen LogP contribution in [0.3, 0.4) is 0 Å². The maximum Gasteiger partial charge on any atom is 0.188 e. The van der Waals surface area contributed by atoms with E-state index in [0.717, 1.165) is 0 Å². The van der Waals surface area contributed by atoms with Crippen molar-refractivity contribution in [2.45, 2.75) is 12.1 Å². The second kappa shape index (κ2) is 5.20. The van der Waals surface area contributed by atoms with Crippen LogP contribution in [0.15, 0.2) is 0 Å². The highest BCUT2D eigenvalue weighted by Crippen LogP contribution is 1.96. The number of carbonyl (C=O) groups is 1. The van der Waals surface area contributed by atoms with Crippen LogP contribution in [0.4, 0.5) is 0 Å². The van der Waals surface area contributed by atoms with Gasteiger partial charge in [-0.3, -0.25) is 4.79 Å². The van der Waals surface area contributed by atoms with Crippen molar-refractivity contribution < 1.29 is 21.1 Å². The number of Topliss-reactive ketones (excluding diaryl/α,β-unsaturated/α-hetero) is 1. The number of methoxy groups -OCH3 is 1. The lowest BCUT2D eigenvalue weighted by Gasteiger charge is -2.17. The van der Waals surface area contributed by atoms with Gasteiger partial charge in [-0.05, 0) is 0 Å². The summed E-state index contributed by atoms with van der Waals surface area (Å²) in [7, 11) is -0.426. The Morgan fingerprint density at radius 1 is 1.82 bits per heavy atom. The van der Waals surface area contributed by atoms with Crippen molar-refractivity contribution in [1.29, 1.82) is 0 Å². The average Bonchev–Trinajstić information content (AvgIpc) is 2.11. The van der Waals surface area contributed by atoms with E-state index in [1.807, 2.05) is 0 Å². The summed E-state index contributed by atoms with van der Waals surface area (Å²) in [6.45, 7) is -1.12. The first-order valence-electron chi connectivity index (χ1n) is 3.79. The molecule has 5 heteroatoms. The summed E-state index contributed by atoms with van der Waals surface area (Å²) < 4.78 is 11.3. The first-order valence-corrected chi connectivity index (χ1v) is 3.08. The molecule has 0 spiro atoms. The first-order chi connectivity index (χ1) is 5.67. The molecule has 0 fully saturated rings. The lowest BCUT2D eigenvalue weighted by Crippen LogP contribution is -2.45. The van der Waals surface area contributed by atoms with Crippen LogP contribution in [-0.4, -0.2) is 48.4 Å². The number of nitrogens with two attached hydrogens (primary N) is 1. The monoisotopic (exact) mass is 164 g/mol. The molecule has 0 saturated carbocycles. The van der Waals surface area contributed by atoms with Gasteiger partial charge in [0.2, 0.25) is 0 Å². The Bertz CT molecular complexity index is 144. The number of hydrogen-bond donors (Lipinski definition) is 3. The second-order valence-electron chi connectivity index (χ2n) is 2.06. The molecule has 0 unspecified atom stereocenters. The zero-order chi connectivity index (χ0) is 9.56. The van der Waals surface area contributed by atoms with E-state index in [-0.39, 0.29) is 0 Å². The average molecular weight is 164 g/mol. The summed E-state index contributed by atoms with van der Waals surface area (Å²) in [5.74, 6) is -0.621. The Morgan fingerprint density at radius 2 is 2.45 bits per heavy atom. The Balaban J connectivity index is 4.11. The predicted molar refractivity (Wildman–Crippen MR) is 38.0 cm³/mol. The van der Waals surface area contributed by atoms with E-state index in [4.69, 9.17) is 17.3 Å². The highest BCUT2D eigenvalue weighted by molar-refractivity contribution is 5.84. The van der Waals surface area contributed by atoms with E-state index in [0.29, 0.717) is 0 Å². The van der Waals surface area contributed by atoms with Crippen molar-refractivity contribution >= 4 is 5.78 Å². The molecule has 0 aliphatic rings. The fourth-order valence-corrected chi connectivity index (χ4v) is 0.641. The van der Waals surface area contributed by atoms with Crippen molar-refractivity contribution in [2.75, 3.05) is 20.3 Å². The van der Waals surface area contributed by atoms with E-state index in [1.54, 1.807) is 0 Å². The Hall–Kier alpha value is -0.490. The number of ketones is 1. The van der Waals surface area contributed by atoms with Crippen LogP contribution in [0.2, 0.25) is 0 Å². The van der Waals surface area contributed by atoms with Gasteiger partial charge in [-0.1, -0.05) is 0 Å². The zero-order valence-corrected chi connectivity index (χ0v) is 6.06. The third kappa shape index (κ3) is 2.94. The van der Waals surface area contributed by atoms with Gasteiger partial charge in [0.25, 0.3) is 0 Å².